The lowest BCUT2D eigenvalue weighted by Crippen LogP contribution is -2.28. The number of amides is 1. The van der Waals surface area contributed by atoms with Crippen LogP contribution in [-0.4, -0.2) is 43.8 Å². The fraction of sp³-hybridized carbons (Fsp3) is 0.235. The molecule has 0 bridgehead atoms. The summed E-state index contributed by atoms with van der Waals surface area (Å²) in [7, 11) is 0. The Morgan fingerprint density at radius 1 is 1.27 bits per heavy atom. The van der Waals surface area contributed by atoms with Gasteiger partial charge in [0.05, 0.1) is 10.5 Å². The summed E-state index contributed by atoms with van der Waals surface area (Å²) in [4.78, 5) is 30.1. The average molecular weight is 388 g/mol. The topological polar surface area (TPSA) is 95.7 Å². The van der Waals surface area contributed by atoms with Gasteiger partial charge in [0.25, 0.3) is 5.91 Å². The highest BCUT2D eigenvalue weighted by Crippen LogP contribution is 2.34. The van der Waals surface area contributed by atoms with E-state index in [1.54, 1.807) is 23.1 Å². The molecule has 26 heavy (non-hydrogen) atoms. The van der Waals surface area contributed by atoms with Gasteiger partial charge in [0, 0.05) is 6.54 Å². The third-order valence-electron chi connectivity index (χ3n) is 3.61. The average Bonchev–Trinajstić information content (AvgIpc) is 3.20. The zero-order valence-corrected chi connectivity index (χ0v) is 15.8. The maximum Gasteiger partial charge on any atom is 0.335 e. The number of likely N-dealkylation sites (N-methyl/N-ethyl adjacent to an activating group) is 1. The molecule has 134 valence electrons. The first kappa shape index (κ1) is 18.3. The van der Waals surface area contributed by atoms with Gasteiger partial charge in [-0.15, -0.1) is 10.2 Å². The lowest BCUT2D eigenvalue weighted by atomic mass is 10.1. The van der Waals surface area contributed by atoms with Gasteiger partial charge in [0.15, 0.2) is 5.17 Å². The maximum atomic E-state index is 12.6. The molecule has 1 aromatic carbocycles. The van der Waals surface area contributed by atoms with Gasteiger partial charge in [-0.3, -0.25) is 9.69 Å². The second-order valence-electron chi connectivity index (χ2n) is 5.31. The van der Waals surface area contributed by atoms with Crippen molar-refractivity contribution in [1.82, 2.24) is 15.1 Å². The molecule has 0 radical (unpaired) electrons. The summed E-state index contributed by atoms with van der Waals surface area (Å²) in [6, 6.07) is 6.37. The number of carbonyl (C=O) groups is 2. The SMILES string of the molecule is CCc1nnc(/N=C2/S/C(=C/c3ccc(C(=O)O)cc3)C(=O)N2CC)s1. The standard InChI is InChI=1S/C17H16N4O3S2/c1-3-13-19-20-16(26-13)18-17-21(4-2)14(22)12(25-17)9-10-5-7-11(8-6-10)15(23)24/h5-9H,3-4H2,1-2H3,(H,23,24)/b12-9+,18-17+. The van der Waals surface area contributed by atoms with Gasteiger partial charge in [-0.05, 0) is 48.9 Å². The van der Waals surface area contributed by atoms with E-state index < -0.39 is 5.97 Å². The van der Waals surface area contributed by atoms with Crippen molar-refractivity contribution in [3.63, 3.8) is 0 Å². The lowest BCUT2D eigenvalue weighted by Gasteiger charge is -2.11. The third kappa shape index (κ3) is 3.83. The zero-order valence-electron chi connectivity index (χ0n) is 14.2. The molecule has 0 aliphatic carbocycles. The van der Waals surface area contributed by atoms with Crippen molar-refractivity contribution in [3.8, 4) is 0 Å². The van der Waals surface area contributed by atoms with Crippen LogP contribution in [0.1, 0.15) is 34.8 Å². The number of aromatic nitrogens is 2. The second kappa shape index (κ2) is 7.79. The molecule has 1 saturated heterocycles. The normalized spacial score (nSPS) is 17.5. The van der Waals surface area contributed by atoms with Crippen molar-refractivity contribution in [1.29, 1.82) is 0 Å². The number of aromatic carboxylic acids is 1. The van der Waals surface area contributed by atoms with Crippen LogP contribution < -0.4 is 0 Å². The van der Waals surface area contributed by atoms with E-state index in [9.17, 15) is 9.59 Å². The quantitative estimate of drug-likeness (QED) is 0.789. The van der Waals surface area contributed by atoms with Gasteiger partial charge < -0.3 is 5.11 Å². The summed E-state index contributed by atoms with van der Waals surface area (Å²) in [5.74, 6) is -1.11. The summed E-state index contributed by atoms with van der Waals surface area (Å²) >= 11 is 2.69. The van der Waals surface area contributed by atoms with Gasteiger partial charge in [0.1, 0.15) is 5.01 Å². The van der Waals surface area contributed by atoms with E-state index in [4.69, 9.17) is 5.11 Å². The number of hydrogen-bond acceptors (Lipinski definition) is 7. The van der Waals surface area contributed by atoms with Crippen LogP contribution in [0.3, 0.4) is 0 Å². The molecule has 9 heteroatoms. The highest BCUT2D eigenvalue weighted by molar-refractivity contribution is 8.18. The minimum Gasteiger partial charge on any atom is -0.478 e. The summed E-state index contributed by atoms with van der Waals surface area (Å²) < 4.78 is 0. The number of amidine groups is 1. The molecule has 1 aliphatic heterocycles. The Hall–Kier alpha value is -2.52. The Kier molecular flexibility index (Phi) is 5.48. The number of hydrogen-bond donors (Lipinski definition) is 1. The highest BCUT2D eigenvalue weighted by atomic mass is 32.2. The molecule has 1 fully saturated rings. The molecule has 0 saturated carbocycles. The number of aryl methyl sites for hydroxylation is 1. The van der Waals surface area contributed by atoms with Crippen LogP contribution in [0.25, 0.3) is 6.08 Å². The molecule has 3 rings (SSSR count). The van der Waals surface area contributed by atoms with Crippen molar-refractivity contribution in [2.45, 2.75) is 20.3 Å². The van der Waals surface area contributed by atoms with Gasteiger partial charge in [0.2, 0.25) is 5.13 Å². The summed E-state index contributed by atoms with van der Waals surface area (Å²) in [6.07, 6.45) is 2.53. The van der Waals surface area contributed by atoms with Crippen LogP contribution in [0.2, 0.25) is 0 Å². The second-order valence-corrected chi connectivity index (χ2v) is 7.36. The van der Waals surface area contributed by atoms with Crippen molar-refractivity contribution >= 4 is 51.4 Å². The molecule has 7 nitrogen and oxygen atoms in total. The number of aliphatic imine (C=N–C) groups is 1. The number of benzene rings is 1. The smallest absolute Gasteiger partial charge is 0.335 e. The molecular weight excluding hydrogens is 372 g/mol. The number of nitrogens with zero attached hydrogens (tertiary/aromatic N) is 4. The Bertz CT molecular complexity index is 903. The van der Waals surface area contributed by atoms with E-state index in [2.05, 4.69) is 15.2 Å². The molecule has 1 aliphatic rings. The van der Waals surface area contributed by atoms with Gasteiger partial charge >= 0.3 is 5.97 Å². The van der Waals surface area contributed by atoms with Crippen LogP contribution >= 0.6 is 23.1 Å². The Balaban J connectivity index is 1.87. The first-order valence-electron chi connectivity index (χ1n) is 7.97. The van der Waals surface area contributed by atoms with E-state index in [1.165, 1.54) is 35.2 Å². The zero-order chi connectivity index (χ0) is 18.7. The Labute approximate surface area is 158 Å². The Morgan fingerprint density at radius 2 is 2.00 bits per heavy atom. The number of carbonyl (C=O) groups excluding carboxylic acids is 1. The summed E-state index contributed by atoms with van der Waals surface area (Å²) in [5, 5.41) is 19.0. The molecule has 1 N–H and O–H groups in total. The molecule has 2 aromatic rings. The van der Waals surface area contributed by atoms with Crippen LogP contribution in [-0.2, 0) is 11.2 Å². The predicted molar refractivity (Wildman–Crippen MR) is 103 cm³/mol. The van der Waals surface area contributed by atoms with E-state index in [1.807, 2.05) is 13.8 Å². The highest BCUT2D eigenvalue weighted by Gasteiger charge is 2.32. The van der Waals surface area contributed by atoms with Crippen molar-refractivity contribution in [2.75, 3.05) is 6.54 Å². The third-order valence-corrected chi connectivity index (χ3v) is 5.58. The molecule has 2 heterocycles. The van der Waals surface area contributed by atoms with E-state index in [-0.39, 0.29) is 11.5 Å². The number of thioether (sulfide) groups is 1. The van der Waals surface area contributed by atoms with Crippen LogP contribution in [0, 0.1) is 0 Å². The number of carboxylic acid groups (broad SMARTS) is 1. The van der Waals surface area contributed by atoms with Crippen molar-refractivity contribution in [3.05, 3.63) is 45.3 Å². The first-order valence-corrected chi connectivity index (χ1v) is 9.61. The van der Waals surface area contributed by atoms with Crippen LogP contribution in [0.15, 0.2) is 34.2 Å². The summed E-state index contributed by atoms with van der Waals surface area (Å²) in [6.45, 7) is 4.38. The van der Waals surface area contributed by atoms with Crippen LogP contribution in [0.4, 0.5) is 5.13 Å². The van der Waals surface area contributed by atoms with Gasteiger partial charge in [-0.2, -0.15) is 4.99 Å². The summed E-state index contributed by atoms with van der Waals surface area (Å²) in [5.41, 5.74) is 0.963. The van der Waals surface area contributed by atoms with Crippen molar-refractivity contribution in [2.24, 2.45) is 4.99 Å². The fourth-order valence-corrected chi connectivity index (χ4v) is 4.01. The molecule has 1 aromatic heterocycles. The molecular formula is C17H16N4O3S2. The Morgan fingerprint density at radius 3 is 2.58 bits per heavy atom. The van der Waals surface area contributed by atoms with E-state index in [0.717, 1.165) is 17.0 Å². The number of rotatable bonds is 5. The largest absolute Gasteiger partial charge is 0.478 e. The molecule has 0 atom stereocenters. The van der Waals surface area contributed by atoms with Crippen LogP contribution in [0.5, 0.6) is 0 Å². The minimum atomic E-state index is -0.981. The van der Waals surface area contributed by atoms with Crippen molar-refractivity contribution < 1.29 is 14.7 Å². The molecule has 0 spiro atoms. The lowest BCUT2D eigenvalue weighted by molar-refractivity contribution is -0.122. The van der Waals surface area contributed by atoms with Gasteiger partial charge in [-0.25, -0.2) is 4.79 Å². The maximum absolute atomic E-state index is 12.6. The minimum absolute atomic E-state index is 0.126. The monoisotopic (exact) mass is 388 g/mol. The number of carboxylic acids is 1. The molecule has 0 unspecified atom stereocenters. The van der Waals surface area contributed by atoms with E-state index >= 15 is 0 Å². The predicted octanol–water partition coefficient (Wildman–Crippen LogP) is 3.42. The van der Waals surface area contributed by atoms with E-state index in [0.29, 0.717) is 21.7 Å². The van der Waals surface area contributed by atoms with Gasteiger partial charge in [-0.1, -0.05) is 30.4 Å². The molecule has 1 amide bonds. The fourth-order valence-electron chi connectivity index (χ4n) is 2.26. The first-order chi connectivity index (χ1) is 12.5.